The Morgan fingerprint density at radius 3 is 2.76 bits per heavy atom. The first-order chi connectivity index (χ1) is 16.6. The molecule has 0 amide bonds. The zero-order valence-electron chi connectivity index (χ0n) is 18.9. The van der Waals surface area contributed by atoms with E-state index in [0.717, 1.165) is 47.4 Å². The summed E-state index contributed by atoms with van der Waals surface area (Å²) >= 11 is 0. The zero-order valence-corrected chi connectivity index (χ0v) is 18.9. The van der Waals surface area contributed by atoms with E-state index in [1.165, 1.54) is 6.33 Å². The minimum Gasteiger partial charge on any atom is -0.353 e. The van der Waals surface area contributed by atoms with E-state index >= 15 is 0 Å². The number of imidazole rings is 1. The van der Waals surface area contributed by atoms with Gasteiger partial charge in [0.05, 0.1) is 29.1 Å². The fraction of sp³-hybridized carbons (Fsp3) is 0.240. The van der Waals surface area contributed by atoms with Crippen LogP contribution in [0.15, 0.2) is 66.0 Å². The molecule has 9 nitrogen and oxygen atoms in total. The van der Waals surface area contributed by atoms with Crippen LogP contribution in [0.3, 0.4) is 0 Å². The van der Waals surface area contributed by atoms with E-state index < -0.39 is 0 Å². The van der Waals surface area contributed by atoms with Crippen LogP contribution >= 0.6 is 0 Å². The van der Waals surface area contributed by atoms with Crippen LogP contribution in [-0.2, 0) is 6.42 Å². The molecule has 0 radical (unpaired) electrons. The second-order valence-corrected chi connectivity index (χ2v) is 8.29. The van der Waals surface area contributed by atoms with Crippen LogP contribution in [0.25, 0.3) is 27.8 Å². The molecular weight excluding hydrogens is 428 g/mol. The van der Waals surface area contributed by atoms with Gasteiger partial charge in [0.2, 0.25) is 0 Å². The van der Waals surface area contributed by atoms with Gasteiger partial charge in [0.1, 0.15) is 17.7 Å². The Hall–Kier alpha value is -4.11. The molecule has 1 atom stereocenters. The highest BCUT2D eigenvalue weighted by Gasteiger charge is 2.15. The monoisotopic (exact) mass is 454 g/mol. The van der Waals surface area contributed by atoms with Crippen molar-refractivity contribution in [2.24, 2.45) is 5.73 Å². The summed E-state index contributed by atoms with van der Waals surface area (Å²) in [6.45, 7) is 1.95. The SMILES string of the molecule is Cc1cccc2nc(CCCCC(N)Nc3ncnc4nc[nH]c34)n(-c3ccccc3)c(=O)c12. The second kappa shape index (κ2) is 9.40. The quantitative estimate of drug-likeness (QED) is 0.242. The van der Waals surface area contributed by atoms with Gasteiger partial charge in [0, 0.05) is 6.42 Å². The summed E-state index contributed by atoms with van der Waals surface area (Å²) in [5, 5.41) is 3.89. The highest BCUT2D eigenvalue weighted by molar-refractivity contribution is 5.82. The number of anilines is 1. The number of fused-ring (bicyclic) bond motifs is 2. The van der Waals surface area contributed by atoms with Crippen LogP contribution in [-0.4, -0.2) is 35.7 Å². The lowest BCUT2D eigenvalue weighted by Gasteiger charge is -2.16. The number of aromatic amines is 1. The van der Waals surface area contributed by atoms with E-state index in [-0.39, 0.29) is 11.7 Å². The first-order valence-electron chi connectivity index (χ1n) is 11.3. The van der Waals surface area contributed by atoms with Crippen molar-refractivity contribution in [2.75, 3.05) is 5.32 Å². The maximum absolute atomic E-state index is 13.5. The van der Waals surface area contributed by atoms with Gasteiger partial charge in [0.25, 0.3) is 5.56 Å². The van der Waals surface area contributed by atoms with Crippen LogP contribution in [0.1, 0.15) is 30.7 Å². The summed E-state index contributed by atoms with van der Waals surface area (Å²) in [6, 6.07) is 15.5. The first kappa shape index (κ1) is 21.7. The van der Waals surface area contributed by atoms with Gasteiger partial charge in [-0.05, 0) is 49.9 Å². The number of nitrogens with one attached hydrogen (secondary N) is 2. The number of hydrogen-bond acceptors (Lipinski definition) is 7. The Morgan fingerprint density at radius 1 is 1.06 bits per heavy atom. The highest BCUT2D eigenvalue weighted by Crippen LogP contribution is 2.19. The third-order valence-corrected chi connectivity index (χ3v) is 5.90. The van der Waals surface area contributed by atoms with Gasteiger partial charge in [-0.3, -0.25) is 9.36 Å². The third kappa shape index (κ3) is 4.25. The predicted molar refractivity (Wildman–Crippen MR) is 133 cm³/mol. The molecule has 4 N–H and O–H groups in total. The summed E-state index contributed by atoms with van der Waals surface area (Å²) in [5.74, 6) is 1.39. The lowest BCUT2D eigenvalue weighted by molar-refractivity contribution is 0.593. The van der Waals surface area contributed by atoms with E-state index in [9.17, 15) is 4.79 Å². The molecule has 0 aliphatic carbocycles. The Balaban J connectivity index is 1.32. The van der Waals surface area contributed by atoms with E-state index in [4.69, 9.17) is 10.7 Å². The molecule has 3 aromatic heterocycles. The van der Waals surface area contributed by atoms with Crippen LogP contribution in [0, 0.1) is 6.92 Å². The van der Waals surface area contributed by atoms with Gasteiger partial charge in [-0.15, -0.1) is 0 Å². The largest absolute Gasteiger partial charge is 0.353 e. The number of hydrogen-bond donors (Lipinski definition) is 3. The number of aryl methyl sites for hydroxylation is 2. The Kier molecular flexibility index (Phi) is 6.01. The van der Waals surface area contributed by atoms with Crippen molar-refractivity contribution in [3.8, 4) is 5.69 Å². The molecule has 0 aliphatic rings. The zero-order chi connectivity index (χ0) is 23.5. The molecule has 2 aromatic carbocycles. The predicted octanol–water partition coefficient (Wildman–Crippen LogP) is 3.47. The minimum absolute atomic E-state index is 0.0324. The maximum Gasteiger partial charge on any atom is 0.266 e. The first-order valence-corrected chi connectivity index (χ1v) is 11.3. The van der Waals surface area contributed by atoms with Crippen molar-refractivity contribution in [1.29, 1.82) is 0 Å². The standard InChI is InChI=1S/C25H26N8O/c1-16-8-7-11-18-21(16)25(34)33(17-9-3-2-4-10-17)20(31-18)13-6-5-12-19(26)32-24-22-23(28-14-27-22)29-15-30-24/h2-4,7-11,14-15,19H,5-6,12-13,26H2,1H3,(H2,27,28,29,30,32). The molecule has 0 saturated carbocycles. The van der Waals surface area contributed by atoms with Gasteiger partial charge < -0.3 is 16.0 Å². The number of nitrogens with two attached hydrogens (primary N) is 1. The van der Waals surface area contributed by atoms with Crippen molar-refractivity contribution < 1.29 is 0 Å². The lowest BCUT2D eigenvalue weighted by Crippen LogP contribution is -2.30. The van der Waals surface area contributed by atoms with Gasteiger partial charge in [0.15, 0.2) is 11.5 Å². The average Bonchev–Trinajstić information content (AvgIpc) is 3.32. The fourth-order valence-electron chi connectivity index (χ4n) is 4.22. The molecule has 0 aliphatic heterocycles. The second-order valence-electron chi connectivity index (χ2n) is 8.29. The molecule has 5 rings (SSSR count). The molecule has 0 bridgehead atoms. The smallest absolute Gasteiger partial charge is 0.266 e. The molecule has 1 unspecified atom stereocenters. The van der Waals surface area contributed by atoms with E-state index in [0.29, 0.717) is 23.3 Å². The normalized spacial score (nSPS) is 12.3. The molecule has 3 heterocycles. The summed E-state index contributed by atoms with van der Waals surface area (Å²) in [7, 11) is 0. The molecular formula is C25H26N8O. The summed E-state index contributed by atoms with van der Waals surface area (Å²) in [5.41, 5.74) is 10.1. The number of rotatable bonds is 8. The molecule has 172 valence electrons. The van der Waals surface area contributed by atoms with Gasteiger partial charge in [-0.1, -0.05) is 30.3 Å². The van der Waals surface area contributed by atoms with Crippen molar-refractivity contribution in [1.82, 2.24) is 29.5 Å². The molecule has 9 heteroatoms. The number of benzene rings is 2. The Labute approximate surface area is 196 Å². The molecule has 34 heavy (non-hydrogen) atoms. The van der Waals surface area contributed by atoms with Crippen LogP contribution in [0.2, 0.25) is 0 Å². The van der Waals surface area contributed by atoms with Crippen LogP contribution in [0.5, 0.6) is 0 Å². The van der Waals surface area contributed by atoms with Gasteiger partial charge in [-0.2, -0.15) is 0 Å². The van der Waals surface area contributed by atoms with E-state index in [2.05, 4.69) is 25.3 Å². The molecule has 5 aromatic rings. The van der Waals surface area contributed by atoms with E-state index in [1.807, 2.05) is 55.5 Å². The Morgan fingerprint density at radius 2 is 1.91 bits per heavy atom. The molecule has 0 fully saturated rings. The fourth-order valence-corrected chi connectivity index (χ4v) is 4.22. The van der Waals surface area contributed by atoms with Crippen molar-refractivity contribution in [3.05, 3.63) is 82.9 Å². The minimum atomic E-state index is -0.273. The average molecular weight is 455 g/mol. The lowest BCUT2D eigenvalue weighted by atomic mass is 10.1. The van der Waals surface area contributed by atoms with Gasteiger partial charge in [-0.25, -0.2) is 19.9 Å². The van der Waals surface area contributed by atoms with Crippen molar-refractivity contribution in [2.45, 2.75) is 38.8 Å². The summed E-state index contributed by atoms with van der Waals surface area (Å²) < 4.78 is 1.74. The molecule has 0 spiro atoms. The van der Waals surface area contributed by atoms with E-state index in [1.54, 1.807) is 10.9 Å². The highest BCUT2D eigenvalue weighted by atomic mass is 16.1. The van der Waals surface area contributed by atoms with Crippen molar-refractivity contribution in [3.63, 3.8) is 0 Å². The number of H-pyrrole nitrogens is 1. The molecule has 0 saturated heterocycles. The van der Waals surface area contributed by atoms with Crippen LogP contribution in [0.4, 0.5) is 5.82 Å². The number of unbranched alkanes of at least 4 members (excludes halogenated alkanes) is 1. The number of nitrogens with zero attached hydrogens (tertiary/aromatic N) is 5. The number of aromatic nitrogens is 6. The maximum atomic E-state index is 13.5. The van der Waals surface area contributed by atoms with Crippen LogP contribution < -0.4 is 16.6 Å². The third-order valence-electron chi connectivity index (χ3n) is 5.90. The van der Waals surface area contributed by atoms with Gasteiger partial charge >= 0.3 is 0 Å². The summed E-state index contributed by atoms with van der Waals surface area (Å²) in [6.07, 6.45) is 5.89. The number of para-hydroxylation sites is 1. The Bertz CT molecular complexity index is 1490. The summed E-state index contributed by atoms with van der Waals surface area (Å²) in [4.78, 5) is 33.9. The van der Waals surface area contributed by atoms with Crippen molar-refractivity contribution >= 4 is 27.9 Å². The topological polar surface area (TPSA) is 127 Å².